The zero-order valence-electron chi connectivity index (χ0n) is 9.55. The van der Waals surface area contributed by atoms with Gasteiger partial charge in [-0.3, -0.25) is 14.9 Å². The molecule has 1 aromatic rings. The number of hydrogen-bond acceptors (Lipinski definition) is 3. The van der Waals surface area contributed by atoms with Crippen LogP contribution in [0.15, 0.2) is 36.4 Å². The Kier molecular flexibility index (Phi) is 4.87. The van der Waals surface area contributed by atoms with Gasteiger partial charge in [-0.15, -0.1) is 0 Å². The highest BCUT2D eigenvalue weighted by atomic mass is 16.6. The van der Waals surface area contributed by atoms with Crippen LogP contribution in [-0.2, 0) is 0 Å². The van der Waals surface area contributed by atoms with E-state index in [0.29, 0.717) is 12.1 Å². The van der Waals surface area contributed by atoms with E-state index in [9.17, 15) is 14.9 Å². The van der Waals surface area contributed by atoms with Gasteiger partial charge in [0.05, 0.1) is 4.92 Å². The van der Waals surface area contributed by atoms with E-state index in [1.807, 2.05) is 19.1 Å². The monoisotopic (exact) mass is 234 g/mol. The van der Waals surface area contributed by atoms with Crippen LogP contribution in [0.2, 0.25) is 0 Å². The minimum atomic E-state index is -0.517. The Labute approximate surface area is 99.3 Å². The van der Waals surface area contributed by atoms with E-state index in [-0.39, 0.29) is 11.6 Å². The average Bonchev–Trinajstić information content (AvgIpc) is 2.34. The molecule has 0 aliphatic carbocycles. The van der Waals surface area contributed by atoms with Crippen LogP contribution in [0.3, 0.4) is 0 Å². The Morgan fingerprint density at radius 1 is 1.53 bits per heavy atom. The molecule has 1 rings (SSSR count). The Morgan fingerprint density at radius 3 is 2.94 bits per heavy atom. The maximum atomic E-state index is 11.6. The Morgan fingerprint density at radius 2 is 2.29 bits per heavy atom. The van der Waals surface area contributed by atoms with Crippen molar-refractivity contribution in [1.29, 1.82) is 0 Å². The third-order valence-electron chi connectivity index (χ3n) is 2.15. The summed E-state index contributed by atoms with van der Waals surface area (Å²) in [7, 11) is 0. The van der Waals surface area contributed by atoms with E-state index >= 15 is 0 Å². The van der Waals surface area contributed by atoms with Crippen molar-refractivity contribution in [3.63, 3.8) is 0 Å². The van der Waals surface area contributed by atoms with E-state index in [4.69, 9.17) is 0 Å². The topological polar surface area (TPSA) is 72.2 Å². The van der Waals surface area contributed by atoms with Crippen molar-refractivity contribution in [2.75, 3.05) is 6.54 Å². The Bertz CT molecular complexity index is 441. The first kappa shape index (κ1) is 12.9. The number of allylic oxidation sites excluding steroid dienone is 1. The van der Waals surface area contributed by atoms with E-state index in [2.05, 4.69) is 5.32 Å². The van der Waals surface area contributed by atoms with Crippen molar-refractivity contribution in [2.24, 2.45) is 0 Å². The van der Waals surface area contributed by atoms with Gasteiger partial charge in [-0.25, -0.2) is 0 Å². The highest BCUT2D eigenvalue weighted by Crippen LogP contribution is 2.12. The van der Waals surface area contributed by atoms with Crippen LogP contribution in [0.5, 0.6) is 0 Å². The molecule has 90 valence electrons. The number of carbonyl (C=O) groups is 1. The summed E-state index contributed by atoms with van der Waals surface area (Å²) in [6.45, 7) is 2.42. The number of nitrogens with zero attached hydrogens (tertiary/aromatic N) is 1. The third-order valence-corrected chi connectivity index (χ3v) is 2.15. The van der Waals surface area contributed by atoms with Crippen LogP contribution in [-0.4, -0.2) is 17.4 Å². The molecule has 0 aliphatic heterocycles. The lowest BCUT2D eigenvalue weighted by Gasteiger charge is -2.03. The summed E-state index contributed by atoms with van der Waals surface area (Å²) in [5, 5.41) is 13.2. The molecule has 17 heavy (non-hydrogen) atoms. The van der Waals surface area contributed by atoms with Crippen molar-refractivity contribution in [3.8, 4) is 0 Å². The van der Waals surface area contributed by atoms with Gasteiger partial charge in [-0.05, 0) is 19.4 Å². The molecule has 0 unspecified atom stereocenters. The summed E-state index contributed by atoms with van der Waals surface area (Å²) in [5.74, 6) is -0.293. The van der Waals surface area contributed by atoms with Gasteiger partial charge in [0.15, 0.2) is 0 Å². The van der Waals surface area contributed by atoms with Crippen molar-refractivity contribution in [1.82, 2.24) is 5.32 Å². The van der Waals surface area contributed by atoms with Crippen LogP contribution >= 0.6 is 0 Å². The van der Waals surface area contributed by atoms with Gasteiger partial charge in [-0.1, -0.05) is 18.2 Å². The standard InChI is InChI=1S/C12H14N2O3/c1-2-3-4-8-13-12(15)10-6-5-7-11(9-10)14(16)17/h2-3,5-7,9H,4,8H2,1H3,(H,13,15)/b3-2+. The largest absolute Gasteiger partial charge is 0.352 e. The second kappa shape index (κ2) is 6.42. The molecule has 1 amide bonds. The number of nitrogens with one attached hydrogen (secondary N) is 1. The number of benzene rings is 1. The predicted molar refractivity (Wildman–Crippen MR) is 64.9 cm³/mol. The molecule has 1 aromatic carbocycles. The summed E-state index contributed by atoms with van der Waals surface area (Å²) in [5.41, 5.74) is 0.228. The summed E-state index contributed by atoms with van der Waals surface area (Å²) < 4.78 is 0. The molecule has 0 radical (unpaired) electrons. The normalized spacial score (nSPS) is 10.4. The maximum absolute atomic E-state index is 11.6. The van der Waals surface area contributed by atoms with E-state index < -0.39 is 4.92 Å². The first-order valence-corrected chi connectivity index (χ1v) is 5.29. The van der Waals surface area contributed by atoms with Crippen LogP contribution in [0.1, 0.15) is 23.7 Å². The molecule has 0 aliphatic rings. The summed E-state index contributed by atoms with van der Waals surface area (Å²) in [4.78, 5) is 21.6. The minimum absolute atomic E-state index is 0.0777. The van der Waals surface area contributed by atoms with Gasteiger partial charge in [0.1, 0.15) is 0 Å². The fourth-order valence-electron chi connectivity index (χ4n) is 1.30. The molecule has 0 bridgehead atoms. The molecule has 0 saturated carbocycles. The minimum Gasteiger partial charge on any atom is -0.352 e. The maximum Gasteiger partial charge on any atom is 0.270 e. The van der Waals surface area contributed by atoms with Crippen LogP contribution < -0.4 is 5.32 Å². The molecule has 0 saturated heterocycles. The van der Waals surface area contributed by atoms with Crippen LogP contribution in [0, 0.1) is 10.1 Å². The van der Waals surface area contributed by atoms with E-state index in [0.717, 1.165) is 6.42 Å². The van der Waals surface area contributed by atoms with Gasteiger partial charge in [0.2, 0.25) is 0 Å². The van der Waals surface area contributed by atoms with Crippen LogP contribution in [0.4, 0.5) is 5.69 Å². The highest BCUT2D eigenvalue weighted by molar-refractivity contribution is 5.94. The zero-order valence-corrected chi connectivity index (χ0v) is 9.55. The lowest BCUT2D eigenvalue weighted by molar-refractivity contribution is -0.384. The fraction of sp³-hybridized carbons (Fsp3) is 0.250. The van der Waals surface area contributed by atoms with Gasteiger partial charge in [0.25, 0.3) is 11.6 Å². The summed E-state index contributed by atoms with van der Waals surface area (Å²) in [6, 6.07) is 5.68. The van der Waals surface area contributed by atoms with Gasteiger partial charge in [0, 0.05) is 24.2 Å². The number of rotatable bonds is 5. The quantitative estimate of drug-likeness (QED) is 0.367. The molecule has 5 nitrogen and oxygen atoms in total. The first-order valence-electron chi connectivity index (χ1n) is 5.29. The first-order chi connectivity index (χ1) is 8.15. The molecular formula is C12H14N2O3. The molecule has 0 fully saturated rings. The Balaban J connectivity index is 2.62. The SMILES string of the molecule is C/C=C/CCNC(=O)c1cccc([N+](=O)[O-])c1. The third kappa shape index (κ3) is 4.06. The fourth-order valence-corrected chi connectivity index (χ4v) is 1.30. The number of hydrogen-bond donors (Lipinski definition) is 1. The zero-order chi connectivity index (χ0) is 12.7. The van der Waals surface area contributed by atoms with Gasteiger partial charge in [-0.2, -0.15) is 0 Å². The number of amides is 1. The lowest BCUT2D eigenvalue weighted by atomic mass is 10.2. The van der Waals surface area contributed by atoms with Gasteiger partial charge < -0.3 is 5.32 Å². The lowest BCUT2D eigenvalue weighted by Crippen LogP contribution is -2.24. The molecule has 5 heteroatoms. The van der Waals surface area contributed by atoms with Crippen LogP contribution in [0.25, 0.3) is 0 Å². The highest BCUT2D eigenvalue weighted by Gasteiger charge is 2.10. The second-order valence-electron chi connectivity index (χ2n) is 3.42. The van der Waals surface area contributed by atoms with Crippen molar-refractivity contribution >= 4 is 11.6 Å². The Hall–Kier alpha value is -2.17. The van der Waals surface area contributed by atoms with E-state index in [1.54, 1.807) is 6.07 Å². The van der Waals surface area contributed by atoms with Crippen molar-refractivity contribution < 1.29 is 9.72 Å². The molecular weight excluding hydrogens is 220 g/mol. The summed E-state index contributed by atoms with van der Waals surface area (Å²) in [6.07, 6.45) is 4.59. The molecule has 0 heterocycles. The van der Waals surface area contributed by atoms with Crippen molar-refractivity contribution in [2.45, 2.75) is 13.3 Å². The molecule has 1 N–H and O–H groups in total. The number of nitro groups is 1. The predicted octanol–water partition coefficient (Wildman–Crippen LogP) is 2.29. The second-order valence-corrected chi connectivity index (χ2v) is 3.42. The number of non-ortho nitro benzene ring substituents is 1. The average molecular weight is 234 g/mol. The van der Waals surface area contributed by atoms with Gasteiger partial charge >= 0.3 is 0 Å². The smallest absolute Gasteiger partial charge is 0.270 e. The van der Waals surface area contributed by atoms with E-state index in [1.165, 1.54) is 18.2 Å². The number of carbonyl (C=O) groups excluding carboxylic acids is 1. The molecule has 0 atom stereocenters. The molecule has 0 spiro atoms. The summed E-state index contributed by atoms with van der Waals surface area (Å²) >= 11 is 0. The van der Waals surface area contributed by atoms with Crippen molar-refractivity contribution in [3.05, 3.63) is 52.1 Å². The molecule has 0 aromatic heterocycles. The number of nitro benzene ring substituents is 1.